The van der Waals surface area contributed by atoms with Gasteiger partial charge in [0, 0.05) is 18.8 Å². The first-order chi connectivity index (χ1) is 12.7. The number of hydrogen-bond acceptors (Lipinski definition) is 5. The van der Waals surface area contributed by atoms with Crippen molar-refractivity contribution in [3.05, 3.63) is 32.6 Å². The lowest BCUT2D eigenvalue weighted by Crippen LogP contribution is -2.52. The minimum Gasteiger partial charge on any atom is -0.367 e. The van der Waals surface area contributed by atoms with Gasteiger partial charge in [-0.15, -0.1) is 0 Å². The Labute approximate surface area is 164 Å². The van der Waals surface area contributed by atoms with Crippen LogP contribution in [0.2, 0.25) is 0 Å². The van der Waals surface area contributed by atoms with Gasteiger partial charge in [0.25, 0.3) is 11.5 Å². The van der Waals surface area contributed by atoms with E-state index in [1.54, 1.807) is 18.9 Å². The van der Waals surface area contributed by atoms with Crippen LogP contribution in [0.3, 0.4) is 0 Å². The highest BCUT2D eigenvalue weighted by Crippen LogP contribution is 2.53. The van der Waals surface area contributed by atoms with Gasteiger partial charge in [-0.25, -0.2) is 4.79 Å². The van der Waals surface area contributed by atoms with Crippen LogP contribution >= 0.6 is 0 Å². The zero-order valence-electron chi connectivity index (χ0n) is 18.0. The molecule has 1 aromatic rings. The van der Waals surface area contributed by atoms with Crippen LogP contribution in [0.25, 0.3) is 0 Å². The molecule has 2 aliphatic heterocycles. The lowest BCUT2D eigenvalue weighted by atomic mass is 9.79. The molecule has 0 radical (unpaired) electrons. The topological polar surface area (TPSA) is 93.6 Å². The van der Waals surface area contributed by atoms with Crippen molar-refractivity contribution in [2.45, 2.75) is 84.5 Å². The first-order valence-electron chi connectivity index (χ1n) is 9.61. The summed E-state index contributed by atoms with van der Waals surface area (Å²) in [5.41, 5.74) is -2.47. The molecule has 1 aromatic heterocycles. The average Bonchev–Trinajstić information content (AvgIpc) is 2.88. The molecule has 2 aliphatic rings. The third-order valence-corrected chi connectivity index (χ3v) is 5.22. The van der Waals surface area contributed by atoms with Gasteiger partial charge in [0.15, 0.2) is 11.8 Å². The Morgan fingerprint density at radius 2 is 1.79 bits per heavy atom. The van der Waals surface area contributed by atoms with Crippen molar-refractivity contribution in [3.63, 3.8) is 0 Å². The van der Waals surface area contributed by atoms with E-state index in [0.717, 1.165) is 0 Å². The second-order valence-corrected chi connectivity index (χ2v) is 10.2. The molecule has 1 amide bonds. The predicted molar refractivity (Wildman–Crippen MR) is 104 cm³/mol. The van der Waals surface area contributed by atoms with Crippen LogP contribution in [0.4, 0.5) is 0 Å². The minimum absolute atomic E-state index is 0.132. The van der Waals surface area contributed by atoms with Crippen molar-refractivity contribution in [1.82, 2.24) is 14.5 Å². The zero-order valence-corrected chi connectivity index (χ0v) is 18.0. The smallest absolute Gasteiger partial charge is 0.330 e. The Balaban J connectivity index is 2.15. The van der Waals surface area contributed by atoms with E-state index in [0.29, 0.717) is 12.0 Å². The molecule has 2 fully saturated rings. The van der Waals surface area contributed by atoms with E-state index in [1.807, 2.05) is 41.5 Å². The third-order valence-electron chi connectivity index (χ3n) is 5.22. The lowest BCUT2D eigenvalue weighted by molar-refractivity contribution is -0.186. The summed E-state index contributed by atoms with van der Waals surface area (Å²) in [5.74, 6) is -0.132. The summed E-state index contributed by atoms with van der Waals surface area (Å²) >= 11 is 0. The van der Waals surface area contributed by atoms with Gasteiger partial charge in [-0.05, 0) is 39.5 Å². The van der Waals surface area contributed by atoms with Gasteiger partial charge in [0.05, 0.1) is 5.60 Å². The van der Waals surface area contributed by atoms with Gasteiger partial charge in [-0.3, -0.25) is 19.1 Å². The fraction of sp³-hybridized carbons (Fsp3) is 0.750. The van der Waals surface area contributed by atoms with Crippen molar-refractivity contribution in [2.24, 2.45) is 5.41 Å². The number of aromatic amines is 1. The monoisotopic (exact) mass is 393 g/mol. The van der Waals surface area contributed by atoms with Gasteiger partial charge < -0.3 is 14.4 Å². The minimum atomic E-state index is -1.18. The van der Waals surface area contributed by atoms with Gasteiger partial charge in [-0.2, -0.15) is 0 Å². The van der Waals surface area contributed by atoms with Crippen LogP contribution in [0.5, 0.6) is 0 Å². The van der Waals surface area contributed by atoms with E-state index in [1.165, 1.54) is 10.8 Å². The number of nitrogens with zero attached hydrogens (tertiary/aromatic N) is 2. The fourth-order valence-electron chi connectivity index (χ4n) is 4.33. The van der Waals surface area contributed by atoms with Crippen molar-refractivity contribution in [3.8, 4) is 0 Å². The maximum Gasteiger partial charge on any atom is 0.330 e. The largest absolute Gasteiger partial charge is 0.367 e. The first-order valence-corrected chi connectivity index (χ1v) is 9.61. The number of rotatable bonds is 3. The summed E-state index contributed by atoms with van der Waals surface area (Å²) in [7, 11) is 1.72. The molecule has 2 bridgehead atoms. The standard InChI is InChI=1S/C20H31N3O5/c1-11-9-23(17(26)21-14(11)24)15-12-13(27-19(5,6)7)20(28-15,10-18(2,3)4)16(25)22(12)8/h9,12-13,15H,10H2,1-8H3,(H,21,24,26)/t12?,13-,15-,20-/m1/s1. The molecule has 3 heterocycles. The number of carbonyl (C=O) groups excluding carboxylic acids is 1. The van der Waals surface area contributed by atoms with Crippen LogP contribution in [-0.2, 0) is 14.3 Å². The molecule has 8 heteroatoms. The average molecular weight is 393 g/mol. The van der Waals surface area contributed by atoms with Crippen molar-refractivity contribution < 1.29 is 14.3 Å². The molecule has 1 unspecified atom stereocenters. The molecule has 0 saturated carbocycles. The number of aryl methyl sites for hydroxylation is 1. The summed E-state index contributed by atoms with van der Waals surface area (Å²) in [5, 5.41) is 0. The number of carbonyl (C=O) groups is 1. The van der Waals surface area contributed by atoms with E-state index in [2.05, 4.69) is 4.98 Å². The quantitative estimate of drug-likeness (QED) is 0.841. The number of aromatic nitrogens is 2. The molecular formula is C20H31N3O5. The molecule has 8 nitrogen and oxygen atoms in total. The van der Waals surface area contributed by atoms with Crippen molar-refractivity contribution in [1.29, 1.82) is 0 Å². The number of ether oxygens (including phenoxy) is 2. The summed E-state index contributed by atoms with van der Waals surface area (Å²) in [6.07, 6.45) is 0.673. The summed E-state index contributed by atoms with van der Waals surface area (Å²) in [4.78, 5) is 41.5. The maximum absolute atomic E-state index is 13.2. The van der Waals surface area contributed by atoms with E-state index in [9.17, 15) is 14.4 Å². The summed E-state index contributed by atoms with van der Waals surface area (Å²) in [6, 6.07) is -0.475. The SMILES string of the molecule is Cc1cn([C@@H]2O[C@@]3(CC(C)(C)C)C(=O)N(C)C2[C@H]3OC(C)(C)C)c(=O)[nH]c1=O. The number of H-pyrrole nitrogens is 1. The van der Waals surface area contributed by atoms with E-state index < -0.39 is 40.8 Å². The summed E-state index contributed by atoms with van der Waals surface area (Å²) < 4.78 is 14.1. The van der Waals surface area contributed by atoms with E-state index in [-0.39, 0.29) is 11.3 Å². The lowest BCUT2D eigenvalue weighted by Gasteiger charge is -2.38. The first kappa shape index (κ1) is 20.8. The molecule has 4 atom stereocenters. The molecular weight excluding hydrogens is 362 g/mol. The molecule has 3 rings (SSSR count). The fourth-order valence-corrected chi connectivity index (χ4v) is 4.33. The normalized spacial score (nSPS) is 30.4. The number of fused-ring (bicyclic) bond motifs is 2. The number of morpholine rings is 1. The van der Waals surface area contributed by atoms with Gasteiger partial charge >= 0.3 is 5.69 Å². The molecule has 28 heavy (non-hydrogen) atoms. The highest BCUT2D eigenvalue weighted by atomic mass is 16.6. The third kappa shape index (κ3) is 3.33. The number of hydrogen-bond donors (Lipinski definition) is 1. The number of nitrogens with one attached hydrogen (secondary N) is 1. The Bertz CT molecular complexity index is 904. The second kappa shape index (κ2) is 6.29. The Morgan fingerprint density at radius 1 is 1.18 bits per heavy atom. The van der Waals surface area contributed by atoms with Crippen molar-refractivity contribution >= 4 is 5.91 Å². The van der Waals surface area contributed by atoms with Gasteiger partial charge in [0.2, 0.25) is 0 Å². The highest BCUT2D eigenvalue weighted by molar-refractivity contribution is 5.90. The van der Waals surface area contributed by atoms with Crippen LogP contribution in [0.1, 0.15) is 59.8 Å². The van der Waals surface area contributed by atoms with Crippen LogP contribution in [0.15, 0.2) is 15.8 Å². The van der Waals surface area contributed by atoms with E-state index in [4.69, 9.17) is 9.47 Å². The maximum atomic E-state index is 13.2. The highest BCUT2D eigenvalue weighted by Gasteiger charge is 2.70. The molecule has 0 aliphatic carbocycles. The predicted octanol–water partition coefficient (Wildman–Crippen LogP) is 1.57. The van der Waals surface area contributed by atoms with Crippen LogP contribution in [-0.4, -0.2) is 50.8 Å². The van der Waals surface area contributed by atoms with Crippen LogP contribution < -0.4 is 11.2 Å². The molecule has 0 aromatic carbocycles. The molecule has 2 saturated heterocycles. The Morgan fingerprint density at radius 3 is 2.32 bits per heavy atom. The van der Waals surface area contributed by atoms with Gasteiger partial charge in [-0.1, -0.05) is 20.8 Å². The Hall–Kier alpha value is -1.93. The number of likely N-dealkylation sites (tertiary alicyclic amines) is 1. The summed E-state index contributed by atoms with van der Waals surface area (Å²) in [6.45, 7) is 13.6. The van der Waals surface area contributed by atoms with Gasteiger partial charge in [0.1, 0.15) is 12.1 Å². The number of amides is 1. The Kier molecular flexibility index (Phi) is 4.67. The van der Waals surface area contributed by atoms with Crippen molar-refractivity contribution in [2.75, 3.05) is 7.05 Å². The zero-order chi connectivity index (χ0) is 21.2. The molecule has 156 valence electrons. The number of likely N-dealkylation sites (N-methyl/N-ethyl adjacent to an activating group) is 1. The van der Waals surface area contributed by atoms with E-state index >= 15 is 0 Å². The molecule has 0 spiro atoms. The molecule has 1 N–H and O–H groups in total. The van der Waals surface area contributed by atoms with Crippen LogP contribution in [0, 0.1) is 12.3 Å². The second-order valence-electron chi connectivity index (χ2n) is 10.2.